The van der Waals surface area contributed by atoms with E-state index in [1.807, 2.05) is 19.1 Å². The largest absolute Gasteiger partial charge is 0.352 e. The average molecular weight is 406 g/mol. The van der Waals surface area contributed by atoms with Crippen LogP contribution in [0.5, 0.6) is 0 Å². The first-order chi connectivity index (χ1) is 13.4. The molecule has 0 radical (unpaired) electrons. The molecule has 1 aromatic carbocycles. The monoisotopic (exact) mass is 405 g/mol. The van der Waals surface area contributed by atoms with E-state index in [0.29, 0.717) is 36.9 Å². The van der Waals surface area contributed by atoms with Crippen molar-refractivity contribution in [3.63, 3.8) is 0 Å². The molecule has 0 bridgehead atoms. The summed E-state index contributed by atoms with van der Waals surface area (Å²) in [6.07, 6.45) is 5.93. The van der Waals surface area contributed by atoms with E-state index in [4.69, 9.17) is 0 Å². The first kappa shape index (κ1) is 19.9. The van der Waals surface area contributed by atoms with Crippen molar-refractivity contribution in [1.29, 1.82) is 0 Å². The summed E-state index contributed by atoms with van der Waals surface area (Å²) in [6, 6.07) is 7.74. The number of piperidine rings is 2. The van der Waals surface area contributed by atoms with Gasteiger partial charge < -0.3 is 5.32 Å². The fourth-order valence-electron chi connectivity index (χ4n) is 4.93. The number of aryl methyl sites for hydroxylation is 1. The van der Waals surface area contributed by atoms with Crippen molar-refractivity contribution in [2.24, 2.45) is 5.92 Å². The molecule has 3 fully saturated rings. The van der Waals surface area contributed by atoms with Crippen LogP contribution in [-0.4, -0.2) is 61.8 Å². The van der Waals surface area contributed by atoms with Crippen molar-refractivity contribution in [2.75, 3.05) is 26.2 Å². The standard InChI is InChI=1S/C21H31N3O3S/c1-16-5-7-18(8-6-16)28(26,27)24-14-9-17(10-15-24)21(25)22-19-11-13-23-12-3-2-4-20(19)23/h5-8,17,19-20H,2-4,9-15H2,1H3,(H,22,25)/t19-,20+/m1/s1. The van der Waals surface area contributed by atoms with Crippen molar-refractivity contribution in [3.8, 4) is 0 Å². The molecular formula is C21H31N3O3S. The summed E-state index contributed by atoms with van der Waals surface area (Å²) in [6.45, 7) is 5.01. The molecule has 1 amide bonds. The van der Waals surface area contributed by atoms with Crippen LogP contribution in [0.1, 0.15) is 44.1 Å². The number of benzene rings is 1. The summed E-state index contributed by atoms with van der Waals surface area (Å²) in [4.78, 5) is 15.7. The fraction of sp³-hybridized carbons (Fsp3) is 0.667. The van der Waals surface area contributed by atoms with E-state index in [9.17, 15) is 13.2 Å². The number of nitrogens with one attached hydrogen (secondary N) is 1. The van der Waals surface area contributed by atoms with E-state index in [-0.39, 0.29) is 17.9 Å². The van der Waals surface area contributed by atoms with E-state index >= 15 is 0 Å². The predicted molar refractivity (Wildman–Crippen MR) is 108 cm³/mol. The maximum atomic E-state index is 12.8. The Labute approximate surface area is 168 Å². The molecule has 3 heterocycles. The third-order valence-corrected chi connectivity index (χ3v) is 8.58. The minimum atomic E-state index is -3.47. The third-order valence-electron chi connectivity index (χ3n) is 6.67. The van der Waals surface area contributed by atoms with Gasteiger partial charge in [-0.1, -0.05) is 24.1 Å². The average Bonchev–Trinajstić information content (AvgIpc) is 3.11. The Morgan fingerprint density at radius 3 is 2.39 bits per heavy atom. The second kappa shape index (κ2) is 8.13. The fourth-order valence-corrected chi connectivity index (χ4v) is 6.40. The van der Waals surface area contributed by atoms with Gasteiger partial charge in [-0.25, -0.2) is 8.42 Å². The molecule has 3 saturated heterocycles. The van der Waals surface area contributed by atoms with Crippen molar-refractivity contribution in [3.05, 3.63) is 29.8 Å². The minimum absolute atomic E-state index is 0.0814. The number of sulfonamides is 1. The van der Waals surface area contributed by atoms with Crippen LogP contribution >= 0.6 is 0 Å². The van der Waals surface area contributed by atoms with E-state index in [1.54, 1.807) is 12.1 Å². The molecule has 3 aliphatic rings. The topological polar surface area (TPSA) is 69.7 Å². The summed E-state index contributed by atoms with van der Waals surface area (Å²) in [5.74, 6) is 0.0342. The minimum Gasteiger partial charge on any atom is -0.352 e. The Morgan fingerprint density at radius 2 is 1.68 bits per heavy atom. The lowest BCUT2D eigenvalue weighted by Crippen LogP contribution is -2.50. The van der Waals surface area contributed by atoms with Gasteiger partial charge in [-0.05, 0) is 57.7 Å². The lowest BCUT2D eigenvalue weighted by molar-refractivity contribution is -0.127. The molecule has 2 atom stereocenters. The second-order valence-corrected chi connectivity index (χ2v) is 10.4. The van der Waals surface area contributed by atoms with Crippen LogP contribution in [-0.2, 0) is 14.8 Å². The molecule has 154 valence electrons. The maximum absolute atomic E-state index is 12.8. The van der Waals surface area contributed by atoms with Crippen LogP contribution in [0.4, 0.5) is 0 Å². The van der Waals surface area contributed by atoms with Gasteiger partial charge in [0, 0.05) is 37.6 Å². The zero-order valence-electron chi connectivity index (χ0n) is 16.6. The smallest absolute Gasteiger partial charge is 0.243 e. The summed E-state index contributed by atoms with van der Waals surface area (Å²) >= 11 is 0. The quantitative estimate of drug-likeness (QED) is 0.833. The van der Waals surface area contributed by atoms with E-state index < -0.39 is 10.0 Å². The highest BCUT2D eigenvalue weighted by molar-refractivity contribution is 7.89. The second-order valence-electron chi connectivity index (χ2n) is 8.49. The number of fused-ring (bicyclic) bond motifs is 1. The zero-order valence-corrected chi connectivity index (χ0v) is 17.5. The van der Waals surface area contributed by atoms with Gasteiger partial charge in [-0.15, -0.1) is 0 Å². The zero-order chi connectivity index (χ0) is 19.7. The predicted octanol–water partition coefficient (Wildman–Crippen LogP) is 2.14. The van der Waals surface area contributed by atoms with Gasteiger partial charge in [-0.2, -0.15) is 4.31 Å². The van der Waals surface area contributed by atoms with Crippen LogP contribution in [0.3, 0.4) is 0 Å². The van der Waals surface area contributed by atoms with Gasteiger partial charge in [0.1, 0.15) is 0 Å². The summed E-state index contributed by atoms with van der Waals surface area (Å²) in [7, 11) is -3.47. The van der Waals surface area contributed by atoms with E-state index in [1.165, 1.54) is 23.6 Å². The molecule has 1 aromatic rings. The highest BCUT2D eigenvalue weighted by atomic mass is 32.2. The van der Waals surface area contributed by atoms with E-state index in [2.05, 4.69) is 10.2 Å². The van der Waals surface area contributed by atoms with Crippen molar-refractivity contribution >= 4 is 15.9 Å². The third kappa shape index (κ3) is 3.98. The van der Waals surface area contributed by atoms with Crippen LogP contribution in [0.15, 0.2) is 29.2 Å². The Bertz CT molecular complexity index is 801. The Balaban J connectivity index is 1.32. The lowest BCUT2D eigenvalue weighted by atomic mass is 9.95. The van der Waals surface area contributed by atoms with Gasteiger partial charge in [0.15, 0.2) is 0 Å². The molecule has 28 heavy (non-hydrogen) atoms. The van der Waals surface area contributed by atoms with Crippen LogP contribution in [0.2, 0.25) is 0 Å². The first-order valence-electron chi connectivity index (χ1n) is 10.6. The molecule has 0 aliphatic carbocycles. The number of rotatable bonds is 4. The SMILES string of the molecule is Cc1ccc(S(=O)(=O)N2CCC(C(=O)N[C@@H]3CCN4CCCC[C@@H]34)CC2)cc1. The van der Waals surface area contributed by atoms with Crippen molar-refractivity contribution in [2.45, 2.75) is 62.4 Å². The summed E-state index contributed by atoms with van der Waals surface area (Å²) in [5.41, 5.74) is 1.04. The molecule has 3 aliphatic heterocycles. The molecule has 4 rings (SSSR count). The van der Waals surface area contributed by atoms with Gasteiger partial charge in [0.2, 0.25) is 15.9 Å². The lowest BCUT2D eigenvalue weighted by Gasteiger charge is -2.34. The Morgan fingerprint density at radius 1 is 0.964 bits per heavy atom. The number of carbonyl (C=O) groups is 1. The van der Waals surface area contributed by atoms with Crippen molar-refractivity contribution < 1.29 is 13.2 Å². The Hall–Kier alpha value is -1.44. The molecule has 0 aromatic heterocycles. The summed E-state index contributed by atoms with van der Waals surface area (Å²) in [5, 5.41) is 3.29. The van der Waals surface area contributed by atoms with Gasteiger partial charge in [-0.3, -0.25) is 9.69 Å². The maximum Gasteiger partial charge on any atom is 0.243 e. The normalized spacial score (nSPS) is 27.5. The molecule has 0 saturated carbocycles. The van der Waals surface area contributed by atoms with Gasteiger partial charge >= 0.3 is 0 Å². The van der Waals surface area contributed by atoms with E-state index in [0.717, 1.165) is 25.1 Å². The van der Waals surface area contributed by atoms with Crippen LogP contribution in [0.25, 0.3) is 0 Å². The number of nitrogens with zero attached hydrogens (tertiary/aromatic N) is 2. The Kier molecular flexibility index (Phi) is 5.76. The van der Waals surface area contributed by atoms with Gasteiger partial charge in [0.25, 0.3) is 0 Å². The number of hydrogen-bond donors (Lipinski definition) is 1. The molecule has 6 nitrogen and oxygen atoms in total. The highest BCUT2D eigenvalue weighted by Gasteiger charge is 2.38. The molecular weight excluding hydrogens is 374 g/mol. The van der Waals surface area contributed by atoms with Crippen molar-refractivity contribution in [1.82, 2.24) is 14.5 Å². The first-order valence-corrected chi connectivity index (χ1v) is 12.0. The van der Waals surface area contributed by atoms with Gasteiger partial charge in [0.05, 0.1) is 4.90 Å². The molecule has 0 unspecified atom stereocenters. The summed E-state index contributed by atoms with van der Waals surface area (Å²) < 4.78 is 27.2. The number of amides is 1. The molecule has 1 N–H and O–H groups in total. The number of carbonyl (C=O) groups excluding carboxylic acids is 1. The highest BCUT2D eigenvalue weighted by Crippen LogP contribution is 2.29. The van der Waals surface area contributed by atoms with Crippen LogP contribution < -0.4 is 5.32 Å². The molecule has 0 spiro atoms. The molecule has 7 heteroatoms. The van der Waals surface area contributed by atoms with Crippen LogP contribution in [0, 0.1) is 12.8 Å². The number of hydrogen-bond acceptors (Lipinski definition) is 4.